The number of carbonyl (C=O) groups excluding carboxylic acids is 1. The van der Waals surface area contributed by atoms with Gasteiger partial charge in [0.15, 0.2) is 5.12 Å². The van der Waals surface area contributed by atoms with E-state index in [0.717, 1.165) is 6.42 Å². The van der Waals surface area contributed by atoms with E-state index in [0.29, 0.717) is 9.84 Å². The van der Waals surface area contributed by atoms with Crippen LogP contribution in [0.1, 0.15) is 20.3 Å². The van der Waals surface area contributed by atoms with Crippen molar-refractivity contribution in [1.82, 2.24) is 0 Å². The second-order valence-corrected chi connectivity index (χ2v) is 5.51. The SMILES string of the molecule is CC(=O)SC(C)CC=N[N+](C)(C)C.[I-]. The van der Waals surface area contributed by atoms with Gasteiger partial charge in [-0.3, -0.25) is 4.79 Å². The third-order valence-electron chi connectivity index (χ3n) is 1.23. The van der Waals surface area contributed by atoms with Gasteiger partial charge in [-0.2, -0.15) is 0 Å². The number of thioether (sulfide) groups is 1. The van der Waals surface area contributed by atoms with Crippen molar-refractivity contribution in [1.29, 1.82) is 0 Å². The fourth-order valence-electron chi connectivity index (χ4n) is 0.772. The summed E-state index contributed by atoms with van der Waals surface area (Å²) < 4.78 is 0.581. The molecule has 5 heteroatoms. The molecule has 14 heavy (non-hydrogen) atoms. The minimum atomic E-state index is 0. The van der Waals surface area contributed by atoms with Crippen molar-refractivity contribution in [2.24, 2.45) is 5.10 Å². The van der Waals surface area contributed by atoms with Crippen LogP contribution in [0.5, 0.6) is 0 Å². The van der Waals surface area contributed by atoms with Crippen LogP contribution >= 0.6 is 11.8 Å². The standard InChI is InChI=1S/C9H19N2OS.HI/c1-8(13-9(2)12)6-7-10-11(3,4)5;/h7-8H,6H2,1-5H3;1H/q+1;/p-1. The molecule has 0 aromatic carbocycles. The molecule has 0 aliphatic heterocycles. The molecule has 0 aromatic heterocycles. The Morgan fingerprint density at radius 3 is 2.36 bits per heavy atom. The average molecular weight is 330 g/mol. The Hall–Kier alpha value is 0.380. The summed E-state index contributed by atoms with van der Waals surface area (Å²) in [6, 6.07) is 0. The maximum Gasteiger partial charge on any atom is 0.186 e. The number of rotatable bonds is 4. The molecular weight excluding hydrogens is 311 g/mol. The van der Waals surface area contributed by atoms with Gasteiger partial charge in [0.2, 0.25) is 0 Å². The summed E-state index contributed by atoms with van der Waals surface area (Å²) in [6.45, 7) is 3.63. The Morgan fingerprint density at radius 2 is 2.00 bits per heavy atom. The summed E-state index contributed by atoms with van der Waals surface area (Å²) in [5.74, 6) is 0. The molecule has 1 atom stereocenters. The molecule has 84 valence electrons. The van der Waals surface area contributed by atoms with Gasteiger partial charge in [0.25, 0.3) is 0 Å². The van der Waals surface area contributed by atoms with Crippen molar-refractivity contribution in [2.45, 2.75) is 25.5 Å². The van der Waals surface area contributed by atoms with Crippen LogP contribution < -0.4 is 24.0 Å². The Bertz CT molecular complexity index is 201. The summed E-state index contributed by atoms with van der Waals surface area (Å²) in [5, 5.41) is 4.79. The first kappa shape index (κ1) is 16.8. The predicted molar refractivity (Wildman–Crippen MR) is 58.9 cm³/mol. The minimum absolute atomic E-state index is 0. The highest BCUT2D eigenvalue weighted by Crippen LogP contribution is 2.13. The van der Waals surface area contributed by atoms with Crippen molar-refractivity contribution in [3.8, 4) is 0 Å². The molecule has 0 saturated carbocycles. The molecule has 0 heterocycles. The molecule has 0 radical (unpaired) electrons. The zero-order valence-corrected chi connectivity index (χ0v) is 12.4. The van der Waals surface area contributed by atoms with Gasteiger partial charge in [-0.1, -0.05) is 23.8 Å². The maximum atomic E-state index is 10.7. The molecule has 0 aliphatic rings. The summed E-state index contributed by atoms with van der Waals surface area (Å²) in [5.41, 5.74) is 0. The number of halogens is 1. The van der Waals surface area contributed by atoms with E-state index in [1.807, 2.05) is 34.3 Å². The summed E-state index contributed by atoms with van der Waals surface area (Å²) >= 11 is 1.37. The fraction of sp³-hybridized carbons (Fsp3) is 0.778. The fourth-order valence-corrected chi connectivity index (χ4v) is 1.52. The van der Waals surface area contributed by atoms with Crippen LogP contribution in [0.15, 0.2) is 5.10 Å². The topological polar surface area (TPSA) is 29.4 Å². The highest BCUT2D eigenvalue weighted by molar-refractivity contribution is 8.14. The van der Waals surface area contributed by atoms with Gasteiger partial charge in [-0.15, -0.1) is 0 Å². The third kappa shape index (κ3) is 12.4. The van der Waals surface area contributed by atoms with Crippen LogP contribution in [0.4, 0.5) is 0 Å². The molecule has 0 N–H and O–H groups in total. The lowest BCUT2D eigenvalue weighted by Crippen LogP contribution is -3.00. The Labute approximate surface area is 108 Å². The highest BCUT2D eigenvalue weighted by atomic mass is 127. The smallest absolute Gasteiger partial charge is 0.186 e. The second-order valence-electron chi connectivity index (χ2n) is 3.90. The first-order valence-electron chi connectivity index (χ1n) is 4.34. The number of carbonyl (C=O) groups is 1. The van der Waals surface area contributed by atoms with E-state index >= 15 is 0 Å². The number of quaternary nitrogens is 1. The average Bonchev–Trinajstić information content (AvgIpc) is 1.81. The largest absolute Gasteiger partial charge is 1.00 e. The molecule has 0 saturated heterocycles. The van der Waals surface area contributed by atoms with Crippen LogP contribution in [-0.2, 0) is 4.79 Å². The molecular formula is C9H19IN2OS. The van der Waals surface area contributed by atoms with Gasteiger partial charge < -0.3 is 24.0 Å². The van der Waals surface area contributed by atoms with Crippen molar-refractivity contribution < 1.29 is 33.4 Å². The highest BCUT2D eigenvalue weighted by Gasteiger charge is 2.06. The monoisotopic (exact) mass is 330 g/mol. The van der Waals surface area contributed by atoms with E-state index in [2.05, 4.69) is 5.10 Å². The Morgan fingerprint density at radius 1 is 1.50 bits per heavy atom. The maximum absolute atomic E-state index is 10.7. The van der Waals surface area contributed by atoms with Crippen LogP contribution in [0.2, 0.25) is 0 Å². The Kier molecular flexibility index (Phi) is 9.17. The van der Waals surface area contributed by atoms with Gasteiger partial charge in [0, 0.05) is 12.2 Å². The lowest BCUT2D eigenvalue weighted by atomic mass is 10.4. The first-order chi connectivity index (χ1) is 5.81. The molecule has 0 aliphatic carbocycles. The Balaban J connectivity index is 0. The molecule has 3 nitrogen and oxygen atoms in total. The van der Waals surface area contributed by atoms with Gasteiger partial charge in [0.05, 0.1) is 27.4 Å². The molecule has 0 amide bonds. The molecule has 0 bridgehead atoms. The molecule has 1 unspecified atom stereocenters. The van der Waals surface area contributed by atoms with E-state index in [-0.39, 0.29) is 29.1 Å². The van der Waals surface area contributed by atoms with Crippen molar-refractivity contribution in [3.05, 3.63) is 0 Å². The summed E-state index contributed by atoms with van der Waals surface area (Å²) in [4.78, 5) is 10.7. The van der Waals surface area contributed by atoms with Crippen LogP contribution in [-0.4, -0.2) is 42.3 Å². The summed E-state index contributed by atoms with van der Waals surface area (Å²) in [7, 11) is 6.00. The first-order valence-corrected chi connectivity index (χ1v) is 5.22. The molecule has 0 spiro atoms. The predicted octanol–water partition coefficient (Wildman–Crippen LogP) is -1.26. The third-order valence-corrected chi connectivity index (χ3v) is 2.16. The van der Waals surface area contributed by atoms with Crippen molar-refractivity contribution in [3.63, 3.8) is 0 Å². The van der Waals surface area contributed by atoms with Crippen LogP contribution in [0.3, 0.4) is 0 Å². The van der Waals surface area contributed by atoms with E-state index in [9.17, 15) is 4.79 Å². The van der Waals surface area contributed by atoms with E-state index < -0.39 is 0 Å². The zero-order chi connectivity index (χ0) is 10.5. The van der Waals surface area contributed by atoms with Crippen LogP contribution in [0.25, 0.3) is 0 Å². The van der Waals surface area contributed by atoms with Gasteiger partial charge in [0.1, 0.15) is 0 Å². The molecule has 0 fully saturated rings. The lowest BCUT2D eigenvalue weighted by molar-refractivity contribution is -0.876. The van der Waals surface area contributed by atoms with E-state index in [1.165, 1.54) is 11.8 Å². The number of hydrogen-bond acceptors (Lipinski definition) is 3. The number of nitrogens with zero attached hydrogens (tertiary/aromatic N) is 2. The van der Waals surface area contributed by atoms with Crippen molar-refractivity contribution >= 4 is 23.1 Å². The van der Waals surface area contributed by atoms with Gasteiger partial charge in [-0.05, 0) is 6.42 Å². The molecule has 0 aromatic rings. The van der Waals surface area contributed by atoms with E-state index in [1.54, 1.807) is 6.92 Å². The molecule has 0 rings (SSSR count). The van der Waals surface area contributed by atoms with Crippen LogP contribution in [0, 0.1) is 0 Å². The lowest BCUT2D eigenvalue weighted by Gasteiger charge is -2.14. The van der Waals surface area contributed by atoms with Gasteiger partial charge in [-0.25, -0.2) is 4.59 Å². The minimum Gasteiger partial charge on any atom is -1.00 e. The second kappa shape index (κ2) is 7.64. The normalized spacial score (nSPS) is 13.8. The van der Waals surface area contributed by atoms with E-state index in [4.69, 9.17) is 0 Å². The van der Waals surface area contributed by atoms with Gasteiger partial charge >= 0.3 is 0 Å². The zero-order valence-electron chi connectivity index (χ0n) is 9.45. The number of hydrogen-bond donors (Lipinski definition) is 0. The van der Waals surface area contributed by atoms with Crippen molar-refractivity contribution in [2.75, 3.05) is 21.1 Å². The quantitative estimate of drug-likeness (QED) is 0.279. The summed E-state index contributed by atoms with van der Waals surface area (Å²) in [6.07, 6.45) is 2.74.